The third-order valence-corrected chi connectivity index (χ3v) is 5.02. The average Bonchev–Trinajstić information content (AvgIpc) is 3.09. The quantitative estimate of drug-likeness (QED) is 0.454. The van der Waals surface area contributed by atoms with Gasteiger partial charge < -0.3 is 20.6 Å². The van der Waals surface area contributed by atoms with E-state index in [9.17, 15) is 5.11 Å². The number of halogens is 1. The van der Waals surface area contributed by atoms with Gasteiger partial charge >= 0.3 is 0 Å². The Morgan fingerprint density at radius 1 is 1.38 bits per heavy atom. The second kappa shape index (κ2) is 11.3. The monoisotopic (exact) mass is 380 g/mol. The summed E-state index contributed by atoms with van der Waals surface area (Å²) < 4.78 is 0. The number of anilines is 1. The summed E-state index contributed by atoms with van der Waals surface area (Å²) in [5, 5.41) is 16.9. The van der Waals surface area contributed by atoms with Crippen LogP contribution in [0.5, 0.6) is 0 Å². The van der Waals surface area contributed by atoms with E-state index in [2.05, 4.69) is 35.4 Å². The summed E-state index contributed by atoms with van der Waals surface area (Å²) in [6.45, 7) is 8.06. The van der Waals surface area contributed by atoms with E-state index < -0.39 is 0 Å². The van der Waals surface area contributed by atoms with Crippen molar-refractivity contribution in [2.24, 2.45) is 10.9 Å². The van der Waals surface area contributed by atoms with Crippen LogP contribution in [0.1, 0.15) is 39.5 Å². The predicted octanol–water partition coefficient (Wildman–Crippen LogP) is 3.27. The molecule has 1 aromatic carbocycles. The zero-order valence-electron chi connectivity index (χ0n) is 16.0. The van der Waals surface area contributed by atoms with Crippen molar-refractivity contribution in [2.75, 3.05) is 37.7 Å². The first kappa shape index (κ1) is 20.8. The number of hydrogen-bond acceptors (Lipinski definition) is 3. The Balaban J connectivity index is 1.91. The molecule has 2 rings (SSSR count). The van der Waals surface area contributed by atoms with Crippen molar-refractivity contribution in [1.29, 1.82) is 0 Å². The highest BCUT2D eigenvalue weighted by molar-refractivity contribution is 6.30. The first-order valence-electron chi connectivity index (χ1n) is 9.82. The molecule has 0 saturated carbocycles. The van der Waals surface area contributed by atoms with E-state index in [1.165, 1.54) is 5.69 Å². The maximum Gasteiger partial charge on any atom is 0.191 e. The smallest absolute Gasteiger partial charge is 0.191 e. The fourth-order valence-corrected chi connectivity index (χ4v) is 3.62. The van der Waals surface area contributed by atoms with E-state index in [1.54, 1.807) is 0 Å². The van der Waals surface area contributed by atoms with E-state index >= 15 is 0 Å². The van der Waals surface area contributed by atoms with Crippen LogP contribution in [0.4, 0.5) is 5.69 Å². The normalized spacial score (nSPS) is 18.8. The van der Waals surface area contributed by atoms with Gasteiger partial charge in [-0.1, -0.05) is 31.0 Å². The molecular weight excluding hydrogens is 348 g/mol. The second-order valence-electron chi connectivity index (χ2n) is 6.94. The maximum absolute atomic E-state index is 9.22. The van der Waals surface area contributed by atoms with E-state index in [4.69, 9.17) is 16.6 Å². The molecule has 3 N–H and O–H groups in total. The lowest BCUT2D eigenvalue weighted by molar-refractivity contribution is 0.253. The van der Waals surface area contributed by atoms with Crippen molar-refractivity contribution in [3.8, 4) is 0 Å². The number of rotatable bonds is 9. The Kier molecular flexibility index (Phi) is 9.06. The van der Waals surface area contributed by atoms with Gasteiger partial charge in [-0.15, -0.1) is 0 Å². The number of guanidine groups is 1. The second-order valence-corrected chi connectivity index (χ2v) is 7.38. The van der Waals surface area contributed by atoms with Crippen molar-refractivity contribution in [3.63, 3.8) is 0 Å². The van der Waals surface area contributed by atoms with E-state index in [0.717, 1.165) is 62.8 Å². The van der Waals surface area contributed by atoms with Crippen molar-refractivity contribution in [1.82, 2.24) is 10.6 Å². The van der Waals surface area contributed by atoms with Crippen LogP contribution in [0.15, 0.2) is 29.3 Å². The van der Waals surface area contributed by atoms with Gasteiger partial charge in [0.15, 0.2) is 5.96 Å². The van der Waals surface area contributed by atoms with Gasteiger partial charge in [-0.05, 0) is 50.3 Å². The van der Waals surface area contributed by atoms with Gasteiger partial charge in [0.25, 0.3) is 0 Å². The average molecular weight is 381 g/mol. The molecule has 5 nitrogen and oxygen atoms in total. The minimum atomic E-state index is 0.237. The fourth-order valence-electron chi connectivity index (χ4n) is 3.44. The van der Waals surface area contributed by atoms with Crippen LogP contribution >= 0.6 is 11.6 Å². The molecule has 1 aromatic rings. The van der Waals surface area contributed by atoms with Crippen molar-refractivity contribution >= 4 is 23.2 Å². The lowest BCUT2D eigenvalue weighted by Gasteiger charge is -2.21. The van der Waals surface area contributed by atoms with Crippen LogP contribution in [0, 0.1) is 5.92 Å². The third kappa shape index (κ3) is 6.69. The number of benzene rings is 1. The van der Waals surface area contributed by atoms with E-state index in [0.29, 0.717) is 12.0 Å². The van der Waals surface area contributed by atoms with E-state index in [-0.39, 0.29) is 6.61 Å². The summed E-state index contributed by atoms with van der Waals surface area (Å²) in [6, 6.07) is 8.41. The molecule has 2 unspecified atom stereocenters. The van der Waals surface area contributed by atoms with Gasteiger partial charge in [0.05, 0.1) is 0 Å². The highest BCUT2D eigenvalue weighted by Gasteiger charge is 2.23. The molecule has 1 aliphatic rings. The van der Waals surface area contributed by atoms with Crippen LogP contribution in [-0.2, 0) is 0 Å². The molecule has 146 valence electrons. The van der Waals surface area contributed by atoms with Gasteiger partial charge in [0.2, 0.25) is 0 Å². The molecule has 26 heavy (non-hydrogen) atoms. The number of hydrogen-bond donors (Lipinski definition) is 3. The minimum absolute atomic E-state index is 0.237. The summed E-state index contributed by atoms with van der Waals surface area (Å²) in [7, 11) is 0. The van der Waals surface area contributed by atoms with Crippen LogP contribution in [0.3, 0.4) is 0 Å². The first-order valence-corrected chi connectivity index (χ1v) is 10.2. The van der Waals surface area contributed by atoms with Crippen LogP contribution < -0.4 is 15.5 Å². The molecule has 6 heteroatoms. The van der Waals surface area contributed by atoms with Gasteiger partial charge in [-0.25, -0.2) is 0 Å². The van der Waals surface area contributed by atoms with E-state index in [1.807, 2.05) is 18.2 Å². The standard InChI is InChI=1S/C20H33ClN4O/c1-3-6-16(10-12-26)14-23-20(22-4-2)24-18-9-11-25(15-18)19-8-5-7-17(21)13-19/h5,7-8,13,16,18,26H,3-4,6,9-12,14-15H2,1-2H3,(H2,22,23,24). The maximum atomic E-state index is 9.22. The Hall–Kier alpha value is -1.46. The molecule has 0 amide bonds. The molecule has 1 heterocycles. The third-order valence-electron chi connectivity index (χ3n) is 4.79. The highest BCUT2D eigenvalue weighted by Crippen LogP contribution is 2.23. The SMILES string of the molecule is CCCC(CCO)CN=C(NCC)NC1CCN(c2cccc(Cl)c2)C1. The zero-order chi connectivity index (χ0) is 18.8. The number of aliphatic imine (C=N–C) groups is 1. The number of nitrogens with zero attached hydrogens (tertiary/aromatic N) is 2. The molecule has 1 saturated heterocycles. The fraction of sp³-hybridized carbons (Fsp3) is 0.650. The van der Waals surface area contributed by atoms with Gasteiger partial charge in [0.1, 0.15) is 0 Å². The van der Waals surface area contributed by atoms with Gasteiger partial charge in [-0.2, -0.15) is 0 Å². The molecule has 1 fully saturated rings. The minimum Gasteiger partial charge on any atom is -0.396 e. The summed E-state index contributed by atoms with van der Waals surface area (Å²) >= 11 is 6.12. The number of aliphatic hydroxyl groups is 1. The lowest BCUT2D eigenvalue weighted by atomic mass is 10.0. The summed E-state index contributed by atoms with van der Waals surface area (Å²) in [5.74, 6) is 1.33. The molecule has 0 aromatic heterocycles. The summed E-state index contributed by atoms with van der Waals surface area (Å²) in [5.41, 5.74) is 1.18. The number of nitrogens with one attached hydrogen (secondary N) is 2. The van der Waals surface area contributed by atoms with Crippen molar-refractivity contribution in [3.05, 3.63) is 29.3 Å². The van der Waals surface area contributed by atoms with Crippen LogP contribution in [0.25, 0.3) is 0 Å². The molecule has 1 aliphatic heterocycles. The summed E-state index contributed by atoms with van der Waals surface area (Å²) in [4.78, 5) is 7.13. The molecule has 2 atom stereocenters. The lowest BCUT2D eigenvalue weighted by Crippen LogP contribution is -2.44. The molecular formula is C20H33ClN4O. The topological polar surface area (TPSA) is 59.9 Å². The van der Waals surface area contributed by atoms with Crippen LogP contribution in [0.2, 0.25) is 5.02 Å². The zero-order valence-corrected chi connectivity index (χ0v) is 16.8. The number of aliphatic hydroxyl groups excluding tert-OH is 1. The van der Waals surface area contributed by atoms with Crippen molar-refractivity contribution < 1.29 is 5.11 Å². The Labute approximate surface area is 162 Å². The summed E-state index contributed by atoms with van der Waals surface area (Å²) in [6.07, 6.45) is 4.13. The van der Waals surface area contributed by atoms with Gasteiger partial charge in [-0.3, -0.25) is 4.99 Å². The molecule has 0 bridgehead atoms. The predicted molar refractivity (Wildman–Crippen MR) is 111 cm³/mol. The first-order chi connectivity index (χ1) is 12.7. The Bertz CT molecular complexity index is 560. The molecule has 0 aliphatic carbocycles. The van der Waals surface area contributed by atoms with Gasteiger partial charge in [0, 0.05) is 49.5 Å². The largest absolute Gasteiger partial charge is 0.396 e. The Morgan fingerprint density at radius 3 is 2.92 bits per heavy atom. The van der Waals surface area contributed by atoms with Crippen molar-refractivity contribution in [2.45, 2.75) is 45.6 Å². The Morgan fingerprint density at radius 2 is 2.23 bits per heavy atom. The highest BCUT2D eigenvalue weighted by atomic mass is 35.5. The van der Waals surface area contributed by atoms with Crippen LogP contribution in [-0.4, -0.2) is 49.9 Å². The molecule has 0 radical (unpaired) electrons. The molecule has 0 spiro atoms.